The fourth-order valence-corrected chi connectivity index (χ4v) is 4.98. The zero-order valence-corrected chi connectivity index (χ0v) is 20.9. The molecule has 5 rings (SSSR count). The molecule has 3 heterocycles. The number of nitrogens with zero attached hydrogens (tertiary/aromatic N) is 6. The number of hydrazone groups is 1. The summed E-state index contributed by atoms with van der Waals surface area (Å²) < 4.78 is 14.0. The van der Waals surface area contributed by atoms with E-state index in [4.69, 9.17) is 9.94 Å². The van der Waals surface area contributed by atoms with Crippen molar-refractivity contribution in [2.45, 2.75) is 12.5 Å². The third kappa shape index (κ3) is 6.64. The van der Waals surface area contributed by atoms with Crippen LogP contribution in [0.5, 0.6) is 0 Å². The minimum atomic E-state index is -0.776. The van der Waals surface area contributed by atoms with Gasteiger partial charge >= 0.3 is 5.97 Å². The molecule has 2 aromatic rings. The van der Waals surface area contributed by atoms with Gasteiger partial charge in [-0.1, -0.05) is 41.6 Å². The molecule has 3 aliphatic heterocycles. The Labute approximate surface area is 216 Å². The van der Waals surface area contributed by atoms with Gasteiger partial charge in [-0.05, 0) is 23.3 Å². The van der Waals surface area contributed by atoms with Gasteiger partial charge in [0.25, 0.3) is 0 Å². The Balaban J connectivity index is 1.06. The summed E-state index contributed by atoms with van der Waals surface area (Å²) in [6.07, 6.45) is 2.64. The topological polar surface area (TPSA) is 84.2 Å². The summed E-state index contributed by atoms with van der Waals surface area (Å²) in [6.45, 7) is 7.06. The van der Waals surface area contributed by atoms with Crippen molar-refractivity contribution in [3.63, 3.8) is 0 Å². The number of benzene rings is 2. The first kappa shape index (κ1) is 25.2. The zero-order chi connectivity index (χ0) is 25.6. The number of aliphatic carboxylic acids is 1. The molecule has 10 heteroatoms. The van der Waals surface area contributed by atoms with E-state index in [0.29, 0.717) is 5.69 Å². The van der Waals surface area contributed by atoms with Crippen molar-refractivity contribution in [1.29, 1.82) is 0 Å². The summed E-state index contributed by atoms with van der Waals surface area (Å²) in [5.41, 5.74) is 3.66. The van der Waals surface area contributed by atoms with E-state index in [2.05, 4.69) is 20.1 Å². The van der Waals surface area contributed by atoms with E-state index in [1.54, 1.807) is 6.07 Å². The highest BCUT2D eigenvalue weighted by Gasteiger charge is 2.27. The summed E-state index contributed by atoms with van der Waals surface area (Å²) in [5, 5.41) is 19.9. The number of anilines is 1. The van der Waals surface area contributed by atoms with E-state index in [-0.39, 0.29) is 18.5 Å². The van der Waals surface area contributed by atoms with Gasteiger partial charge in [0.2, 0.25) is 0 Å². The molecule has 0 aromatic heterocycles. The van der Waals surface area contributed by atoms with Crippen LogP contribution in [0.25, 0.3) is 0 Å². The van der Waals surface area contributed by atoms with Crippen molar-refractivity contribution in [3.05, 3.63) is 65.5 Å². The monoisotopic (exact) mass is 508 g/mol. The molecule has 1 atom stereocenters. The average molecular weight is 509 g/mol. The molecule has 0 bridgehead atoms. The summed E-state index contributed by atoms with van der Waals surface area (Å²) >= 11 is 0. The first-order valence-corrected chi connectivity index (χ1v) is 12.8. The molecule has 3 aliphatic rings. The van der Waals surface area contributed by atoms with Crippen LogP contribution >= 0.6 is 0 Å². The molecular weight excluding hydrogens is 475 g/mol. The van der Waals surface area contributed by atoms with Crippen LogP contribution in [-0.2, 0) is 9.63 Å². The third-order valence-electron chi connectivity index (χ3n) is 7.08. The Morgan fingerprint density at radius 2 is 1.70 bits per heavy atom. The maximum absolute atomic E-state index is 14.0. The summed E-state index contributed by atoms with van der Waals surface area (Å²) in [7, 11) is 0. The first-order valence-electron chi connectivity index (χ1n) is 12.8. The lowest BCUT2D eigenvalue weighted by atomic mass is 10.0. The van der Waals surface area contributed by atoms with Crippen LogP contribution in [0.4, 0.5) is 10.1 Å². The van der Waals surface area contributed by atoms with Crippen molar-refractivity contribution in [2.75, 3.05) is 70.3 Å². The number of rotatable bonds is 8. The normalized spacial score (nSPS) is 21.3. The second-order valence-electron chi connectivity index (χ2n) is 9.70. The SMILES string of the molecule is O=C(O)CN1CCN(CC2CC(c3ccc(C=NN4CCN(c5ccccc5F)CC4)cc3)=NO2)CC1. The number of hydrogen-bond donors (Lipinski definition) is 1. The van der Waals surface area contributed by atoms with E-state index < -0.39 is 5.97 Å². The molecule has 37 heavy (non-hydrogen) atoms. The maximum atomic E-state index is 14.0. The maximum Gasteiger partial charge on any atom is 0.317 e. The largest absolute Gasteiger partial charge is 0.480 e. The van der Waals surface area contributed by atoms with Crippen LogP contribution in [0.15, 0.2) is 58.8 Å². The van der Waals surface area contributed by atoms with Gasteiger partial charge in [0.05, 0.1) is 37.2 Å². The Morgan fingerprint density at radius 1 is 1.00 bits per heavy atom. The number of halogens is 1. The van der Waals surface area contributed by atoms with E-state index in [1.807, 2.05) is 52.5 Å². The molecule has 0 aliphatic carbocycles. The summed E-state index contributed by atoms with van der Waals surface area (Å²) in [5.74, 6) is -0.957. The second-order valence-corrected chi connectivity index (χ2v) is 9.70. The molecule has 2 fully saturated rings. The molecule has 0 radical (unpaired) electrons. The van der Waals surface area contributed by atoms with Crippen LogP contribution in [0.1, 0.15) is 17.5 Å². The molecule has 1 N–H and O–H groups in total. The first-order chi connectivity index (χ1) is 18.0. The van der Waals surface area contributed by atoms with Crippen molar-refractivity contribution in [2.24, 2.45) is 10.3 Å². The van der Waals surface area contributed by atoms with Gasteiger partial charge in [0, 0.05) is 52.2 Å². The van der Waals surface area contributed by atoms with E-state index >= 15 is 0 Å². The van der Waals surface area contributed by atoms with Gasteiger partial charge in [0.1, 0.15) is 11.9 Å². The smallest absolute Gasteiger partial charge is 0.317 e. The molecule has 0 saturated carbocycles. The minimum Gasteiger partial charge on any atom is -0.480 e. The van der Waals surface area contributed by atoms with Crippen molar-refractivity contribution in [1.82, 2.24) is 14.8 Å². The highest BCUT2D eigenvalue weighted by molar-refractivity contribution is 6.01. The molecule has 2 aromatic carbocycles. The molecular formula is C27H33FN6O3. The molecule has 196 valence electrons. The van der Waals surface area contributed by atoms with Gasteiger partial charge in [0.15, 0.2) is 0 Å². The van der Waals surface area contributed by atoms with E-state index in [1.165, 1.54) is 6.07 Å². The average Bonchev–Trinajstić information content (AvgIpc) is 3.38. The fraction of sp³-hybridized carbons (Fsp3) is 0.444. The highest BCUT2D eigenvalue weighted by atomic mass is 19.1. The van der Waals surface area contributed by atoms with E-state index in [0.717, 1.165) is 82.2 Å². The van der Waals surface area contributed by atoms with Gasteiger partial charge in [-0.15, -0.1) is 0 Å². The van der Waals surface area contributed by atoms with Crippen LogP contribution in [0.2, 0.25) is 0 Å². The number of carbonyl (C=O) groups is 1. The lowest BCUT2D eigenvalue weighted by Crippen LogP contribution is -2.49. The van der Waals surface area contributed by atoms with Gasteiger partial charge < -0.3 is 14.8 Å². The van der Waals surface area contributed by atoms with Gasteiger partial charge in [-0.25, -0.2) is 4.39 Å². The summed E-state index contributed by atoms with van der Waals surface area (Å²) in [6, 6.07) is 15.1. The number of oxime groups is 1. The zero-order valence-electron chi connectivity index (χ0n) is 20.9. The lowest BCUT2D eigenvalue weighted by Gasteiger charge is -2.34. The number of hydrogen-bond acceptors (Lipinski definition) is 8. The quantitative estimate of drug-likeness (QED) is 0.547. The highest BCUT2D eigenvalue weighted by Crippen LogP contribution is 2.21. The molecule has 1 unspecified atom stereocenters. The van der Waals surface area contributed by atoms with Crippen molar-refractivity contribution >= 4 is 23.6 Å². The number of carboxylic acid groups (broad SMARTS) is 1. The minimum absolute atomic E-state index is 0.0188. The standard InChI is InChI=1S/C27H33FN6O3/c28-24-3-1-2-4-26(24)33-13-15-34(16-14-33)29-18-21-5-7-22(8-6-21)25-17-23(37-30-25)19-31-9-11-32(12-10-31)20-27(35)36/h1-8,18,23H,9-17,19-20H2,(H,35,36). The predicted octanol–water partition coefficient (Wildman–Crippen LogP) is 2.18. The van der Waals surface area contributed by atoms with Crippen LogP contribution in [-0.4, -0.2) is 109 Å². The number of piperazine rings is 2. The second kappa shape index (κ2) is 11.7. The van der Waals surface area contributed by atoms with Crippen LogP contribution in [0.3, 0.4) is 0 Å². The van der Waals surface area contributed by atoms with Gasteiger partial charge in [-0.2, -0.15) is 5.10 Å². The number of carboxylic acids is 1. The number of para-hydroxylation sites is 1. The lowest BCUT2D eigenvalue weighted by molar-refractivity contribution is -0.138. The molecule has 0 amide bonds. The Hall–Kier alpha value is -3.50. The van der Waals surface area contributed by atoms with Crippen molar-refractivity contribution < 1.29 is 19.1 Å². The van der Waals surface area contributed by atoms with Crippen molar-refractivity contribution in [3.8, 4) is 0 Å². The van der Waals surface area contributed by atoms with Gasteiger partial charge in [-0.3, -0.25) is 19.6 Å². The Kier molecular flexibility index (Phi) is 7.96. The molecule has 0 spiro atoms. The fourth-order valence-electron chi connectivity index (χ4n) is 4.98. The van der Waals surface area contributed by atoms with Crippen LogP contribution < -0.4 is 4.90 Å². The Bertz CT molecular complexity index is 1130. The summed E-state index contributed by atoms with van der Waals surface area (Å²) in [4.78, 5) is 22.9. The predicted molar refractivity (Wildman–Crippen MR) is 141 cm³/mol. The molecule has 9 nitrogen and oxygen atoms in total. The molecule has 2 saturated heterocycles. The van der Waals surface area contributed by atoms with E-state index in [9.17, 15) is 9.18 Å². The van der Waals surface area contributed by atoms with Crippen LogP contribution in [0, 0.1) is 5.82 Å². The third-order valence-corrected chi connectivity index (χ3v) is 7.08. The Morgan fingerprint density at radius 3 is 2.41 bits per heavy atom.